The van der Waals surface area contributed by atoms with Gasteiger partial charge in [0.2, 0.25) is 5.91 Å². The van der Waals surface area contributed by atoms with E-state index < -0.39 is 0 Å². The standard InChI is InChI=1S/C13H14N4OS/c14-12-11(9-4-2-1-3-5-9)13(19-16-12)17-7-6-15-10(18)8-17/h1-5H,6-8H2,(H2,14,16)(H,15,18). The van der Waals surface area contributed by atoms with Crippen LogP contribution in [0.5, 0.6) is 0 Å². The molecule has 0 radical (unpaired) electrons. The highest BCUT2D eigenvalue weighted by Crippen LogP contribution is 2.39. The van der Waals surface area contributed by atoms with Crippen molar-refractivity contribution in [2.45, 2.75) is 0 Å². The lowest BCUT2D eigenvalue weighted by Gasteiger charge is -2.27. The van der Waals surface area contributed by atoms with Gasteiger partial charge in [0.1, 0.15) is 10.8 Å². The summed E-state index contributed by atoms with van der Waals surface area (Å²) in [5.41, 5.74) is 7.95. The fraction of sp³-hybridized carbons (Fsp3) is 0.231. The predicted molar refractivity (Wildman–Crippen MR) is 77.2 cm³/mol. The Morgan fingerprint density at radius 2 is 2.11 bits per heavy atom. The van der Waals surface area contributed by atoms with E-state index in [-0.39, 0.29) is 5.91 Å². The summed E-state index contributed by atoms with van der Waals surface area (Å²) in [5, 5.41) is 3.79. The number of amides is 1. The van der Waals surface area contributed by atoms with E-state index in [9.17, 15) is 4.79 Å². The van der Waals surface area contributed by atoms with Gasteiger partial charge in [0.25, 0.3) is 0 Å². The molecule has 0 bridgehead atoms. The van der Waals surface area contributed by atoms with Gasteiger partial charge in [0.15, 0.2) is 0 Å². The third-order valence-electron chi connectivity index (χ3n) is 3.09. The summed E-state index contributed by atoms with van der Waals surface area (Å²) in [6.07, 6.45) is 0. The molecule has 6 heteroatoms. The van der Waals surface area contributed by atoms with Crippen LogP contribution in [0.1, 0.15) is 0 Å². The zero-order valence-electron chi connectivity index (χ0n) is 10.3. The molecule has 98 valence electrons. The first-order valence-electron chi connectivity index (χ1n) is 6.08. The van der Waals surface area contributed by atoms with Crippen LogP contribution in [0.25, 0.3) is 11.1 Å². The minimum Gasteiger partial charge on any atom is -0.382 e. The maximum absolute atomic E-state index is 11.5. The second-order valence-electron chi connectivity index (χ2n) is 4.39. The first-order chi connectivity index (χ1) is 9.25. The van der Waals surface area contributed by atoms with E-state index in [1.807, 2.05) is 35.2 Å². The number of nitrogens with one attached hydrogen (secondary N) is 1. The lowest BCUT2D eigenvalue weighted by Crippen LogP contribution is -2.47. The van der Waals surface area contributed by atoms with Crippen LogP contribution in [0.15, 0.2) is 30.3 Å². The molecule has 1 aromatic heterocycles. The first-order valence-corrected chi connectivity index (χ1v) is 6.85. The molecule has 1 aliphatic rings. The van der Waals surface area contributed by atoms with Crippen LogP contribution in [0.2, 0.25) is 0 Å². The minimum atomic E-state index is 0.0391. The van der Waals surface area contributed by atoms with Crippen LogP contribution < -0.4 is 16.0 Å². The van der Waals surface area contributed by atoms with Gasteiger partial charge in [-0.1, -0.05) is 30.3 Å². The molecule has 1 amide bonds. The number of aromatic nitrogens is 1. The highest BCUT2D eigenvalue weighted by Gasteiger charge is 2.23. The summed E-state index contributed by atoms with van der Waals surface area (Å²) >= 11 is 1.35. The number of nitrogens with zero attached hydrogens (tertiary/aromatic N) is 2. The quantitative estimate of drug-likeness (QED) is 0.866. The van der Waals surface area contributed by atoms with Crippen molar-refractivity contribution in [2.24, 2.45) is 0 Å². The average molecular weight is 274 g/mol. The molecule has 0 spiro atoms. The van der Waals surface area contributed by atoms with Crippen molar-refractivity contribution < 1.29 is 4.79 Å². The topological polar surface area (TPSA) is 71.2 Å². The van der Waals surface area contributed by atoms with Crippen LogP contribution in [-0.2, 0) is 4.79 Å². The number of carbonyl (C=O) groups is 1. The molecule has 1 aromatic carbocycles. The van der Waals surface area contributed by atoms with Crippen molar-refractivity contribution >= 4 is 28.3 Å². The maximum atomic E-state index is 11.5. The van der Waals surface area contributed by atoms with Crippen LogP contribution in [-0.4, -0.2) is 29.9 Å². The van der Waals surface area contributed by atoms with Gasteiger partial charge in [-0.05, 0) is 17.1 Å². The monoisotopic (exact) mass is 274 g/mol. The molecule has 1 saturated heterocycles. The summed E-state index contributed by atoms with van der Waals surface area (Å²) < 4.78 is 4.24. The number of rotatable bonds is 2. The maximum Gasteiger partial charge on any atom is 0.239 e. The van der Waals surface area contributed by atoms with Gasteiger partial charge < -0.3 is 16.0 Å². The molecule has 5 nitrogen and oxygen atoms in total. The van der Waals surface area contributed by atoms with Gasteiger partial charge in [0, 0.05) is 13.1 Å². The van der Waals surface area contributed by atoms with Crippen LogP contribution in [0.3, 0.4) is 0 Å². The molecular weight excluding hydrogens is 260 g/mol. The fourth-order valence-corrected chi connectivity index (χ4v) is 3.06. The van der Waals surface area contributed by atoms with E-state index in [2.05, 4.69) is 9.69 Å². The number of anilines is 2. The minimum absolute atomic E-state index is 0.0391. The Kier molecular flexibility index (Phi) is 3.08. The van der Waals surface area contributed by atoms with Crippen molar-refractivity contribution in [2.75, 3.05) is 30.3 Å². The largest absolute Gasteiger partial charge is 0.382 e. The van der Waals surface area contributed by atoms with E-state index in [1.165, 1.54) is 11.5 Å². The van der Waals surface area contributed by atoms with Crippen molar-refractivity contribution in [3.63, 3.8) is 0 Å². The van der Waals surface area contributed by atoms with Crippen LogP contribution in [0.4, 0.5) is 10.8 Å². The zero-order valence-corrected chi connectivity index (χ0v) is 11.1. The number of nitrogen functional groups attached to an aromatic ring is 1. The Bertz CT molecular complexity index is 596. The molecule has 1 fully saturated rings. The Morgan fingerprint density at radius 1 is 1.32 bits per heavy atom. The fourth-order valence-electron chi connectivity index (χ4n) is 2.20. The smallest absolute Gasteiger partial charge is 0.239 e. The summed E-state index contributed by atoms with van der Waals surface area (Å²) in [4.78, 5) is 13.5. The molecule has 3 N–H and O–H groups in total. The zero-order chi connectivity index (χ0) is 13.2. The lowest BCUT2D eigenvalue weighted by atomic mass is 10.1. The van der Waals surface area contributed by atoms with E-state index in [4.69, 9.17) is 5.73 Å². The Morgan fingerprint density at radius 3 is 2.84 bits per heavy atom. The molecule has 1 aliphatic heterocycles. The second-order valence-corrected chi connectivity index (χ2v) is 5.14. The lowest BCUT2D eigenvalue weighted by molar-refractivity contribution is -0.120. The van der Waals surface area contributed by atoms with Crippen molar-refractivity contribution in [3.8, 4) is 11.1 Å². The Hall–Kier alpha value is -2.08. The van der Waals surface area contributed by atoms with Gasteiger partial charge in [-0.2, -0.15) is 4.37 Å². The molecular formula is C13H14N4OS. The molecule has 2 aromatic rings. The summed E-state index contributed by atoms with van der Waals surface area (Å²) in [5.74, 6) is 0.564. The average Bonchev–Trinajstić information content (AvgIpc) is 2.82. The molecule has 0 aliphatic carbocycles. The summed E-state index contributed by atoms with van der Waals surface area (Å²) in [6, 6.07) is 9.92. The number of benzene rings is 1. The molecule has 3 rings (SSSR count). The van der Waals surface area contributed by atoms with Gasteiger partial charge in [0.05, 0.1) is 12.1 Å². The second kappa shape index (κ2) is 4.89. The molecule has 19 heavy (non-hydrogen) atoms. The Balaban J connectivity index is 2.01. The first kappa shape index (κ1) is 12.0. The Labute approximate surface area is 115 Å². The van der Waals surface area contributed by atoms with Gasteiger partial charge in [-0.15, -0.1) is 0 Å². The number of nitrogens with two attached hydrogens (primary N) is 1. The van der Waals surface area contributed by atoms with Crippen molar-refractivity contribution in [1.82, 2.24) is 9.69 Å². The summed E-state index contributed by atoms with van der Waals surface area (Å²) in [6.45, 7) is 1.81. The van der Waals surface area contributed by atoms with E-state index in [0.29, 0.717) is 18.9 Å². The highest BCUT2D eigenvalue weighted by molar-refractivity contribution is 7.11. The number of hydrogen-bond donors (Lipinski definition) is 2. The molecule has 0 unspecified atom stereocenters. The molecule has 0 saturated carbocycles. The van der Waals surface area contributed by atoms with E-state index in [1.54, 1.807) is 0 Å². The molecule has 0 atom stereocenters. The predicted octanol–water partition coefficient (Wildman–Crippen LogP) is 1.33. The number of piperazine rings is 1. The summed E-state index contributed by atoms with van der Waals surface area (Å²) in [7, 11) is 0. The van der Waals surface area contributed by atoms with Gasteiger partial charge in [-0.25, -0.2) is 0 Å². The van der Waals surface area contributed by atoms with Gasteiger partial charge in [-0.3, -0.25) is 4.79 Å². The SMILES string of the molecule is Nc1nsc(N2CCNC(=O)C2)c1-c1ccccc1. The van der Waals surface area contributed by atoms with Crippen molar-refractivity contribution in [3.05, 3.63) is 30.3 Å². The number of hydrogen-bond acceptors (Lipinski definition) is 5. The van der Waals surface area contributed by atoms with E-state index >= 15 is 0 Å². The highest BCUT2D eigenvalue weighted by atomic mass is 32.1. The van der Waals surface area contributed by atoms with E-state index in [0.717, 1.165) is 22.7 Å². The normalized spacial score (nSPS) is 15.4. The van der Waals surface area contributed by atoms with Crippen LogP contribution >= 0.6 is 11.5 Å². The molecule has 2 heterocycles. The van der Waals surface area contributed by atoms with Gasteiger partial charge >= 0.3 is 0 Å². The third kappa shape index (κ3) is 2.26. The number of carbonyl (C=O) groups excluding carboxylic acids is 1. The van der Waals surface area contributed by atoms with Crippen molar-refractivity contribution in [1.29, 1.82) is 0 Å². The third-order valence-corrected chi connectivity index (χ3v) is 4.01. The van der Waals surface area contributed by atoms with Crippen LogP contribution in [0, 0.1) is 0 Å².